The van der Waals surface area contributed by atoms with Crippen LogP contribution >= 0.6 is 0 Å². The Bertz CT molecular complexity index is 1920. The van der Waals surface area contributed by atoms with Crippen LogP contribution in [0.3, 0.4) is 0 Å². The summed E-state index contributed by atoms with van der Waals surface area (Å²) in [6.07, 6.45) is 3.54. The molecule has 4 bridgehead atoms. The van der Waals surface area contributed by atoms with Crippen LogP contribution in [-0.4, -0.2) is 64.8 Å². The maximum absolute atomic E-state index is 14.4. The zero-order valence-electron chi connectivity index (χ0n) is 27.6. The van der Waals surface area contributed by atoms with Gasteiger partial charge < -0.3 is 9.64 Å². The van der Waals surface area contributed by atoms with Crippen molar-refractivity contribution in [2.45, 2.75) is 65.4 Å². The fraction of sp³-hybridized carbons (Fsp3) is 0.353. The second-order valence-electron chi connectivity index (χ2n) is 12.9. The van der Waals surface area contributed by atoms with Crippen molar-refractivity contribution in [2.24, 2.45) is 5.41 Å². The maximum atomic E-state index is 14.4. The Balaban J connectivity index is 1.67. The monoisotopic (exact) mass is 657 g/mol. The van der Waals surface area contributed by atoms with Crippen molar-refractivity contribution in [3.05, 3.63) is 83.3 Å². The molecule has 0 unspecified atom stereocenters. The molecule has 1 atom stereocenters. The average Bonchev–Trinajstić information content (AvgIpc) is 3.00. The molecule has 0 saturated carbocycles. The topological polar surface area (TPSA) is 148 Å². The van der Waals surface area contributed by atoms with Gasteiger partial charge in [0.25, 0.3) is 15.9 Å². The molecule has 0 fully saturated rings. The SMILES string of the molecule is CC(=O)N(C)c1cncc(CN2C(=O)c3cccc(c3)S(=O)(=O)Nc3nc(cc(-c4c(C)cccc4C)n3)OC[C@H]2CC(C)(C)C)n1. The third kappa shape index (κ3) is 7.74. The molecule has 1 aliphatic rings. The van der Waals surface area contributed by atoms with Crippen LogP contribution in [0.2, 0.25) is 0 Å². The summed E-state index contributed by atoms with van der Waals surface area (Å²) in [5.74, 6) is -0.298. The Morgan fingerprint density at radius 2 is 1.74 bits per heavy atom. The number of aromatic nitrogens is 4. The Morgan fingerprint density at radius 3 is 2.43 bits per heavy atom. The van der Waals surface area contributed by atoms with Crippen molar-refractivity contribution in [1.82, 2.24) is 24.8 Å². The van der Waals surface area contributed by atoms with Crippen LogP contribution in [-0.2, 0) is 21.4 Å². The van der Waals surface area contributed by atoms with Crippen molar-refractivity contribution in [2.75, 3.05) is 23.3 Å². The van der Waals surface area contributed by atoms with E-state index >= 15 is 0 Å². The predicted octanol–water partition coefficient (Wildman–Crippen LogP) is 5.17. The van der Waals surface area contributed by atoms with Crippen molar-refractivity contribution in [3.8, 4) is 17.1 Å². The molecule has 0 spiro atoms. The van der Waals surface area contributed by atoms with E-state index in [2.05, 4.69) is 45.4 Å². The molecular weight excluding hydrogens is 618 g/mol. The molecule has 1 aliphatic heterocycles. The first kappa shape index (κ1) is 33.5. The van der Waals surface area contributed by atoms with Gasteiger partial charge in [0.2, 0.25) is 17.7 Å². The number of anilines is 2. The number of fused-ring (bicyclic) bond motifs is 4. The van der Waals surface area contributed by atoms with Gasteiger partial charge in [0.05, 0.1) is 41.3 Å². The zero-order valence-corrected chi connectivity index (χ0v) is 28.4. The summed E-state index contributed by atoms with van der Waals surface area (Å²) in [6.45, 7) is 11.6. The van der Waals surface area contributed by atoms with Crippen molar-refractivity contribution in [3.63, 3.8) is 0 Å². The second kappa shape index (κ2) is 13.1. The zero-order chi connectivity index (χ0) is 34.1. The van der Waals surface area contributed by atoms with Crippen molar-refractivity contribution < 1.29 is 22.7 Å². The van der Waals surface area contributed by atoms with Gasteiger partial charge in [-0.15, -0.1) is 0 Å². The smallest absolute Gasteiger partial charge is 0.264 e. The first-order chi connectivity index (χ1) is 22.1. The molecule has 12 nitrogen and oxygen atoms in total. The molecule has 0 radical (unpaired) electrons. The largest absolute Gasteiger partial charge is 0.475 e. The van der Waals surface area contributed by atoms with E-state index in [9.17, 15) is 18.0 Å². The summed E-state index contributed by atoms with van der Waals surface area (Å²) in [7, 11) is -2.61. The van der Waals surface area contributed by atoms with Gasteiger partial charge in [-0.25, -0.2) is 23.1 Å². The van der Waals surface area contributed by atoms with Crippen molar-refractivity contribution in [1.29, 1.82) is 0 Å². The second-order valence-corrected chi connectivity index (χ2v) is 14.6. The van der Waals surface area contributed by atoms with Gasteiger partial charge in [-0.05, 0) is 55.0 Å². The first-order valence-corrected chi connectivity index (χ1v) is 16.7. The van der Waals surface area contributed by atoms with E-state index in [1.54, 1.807) is 30.3 Å². The lowest BCUT2D eigenvalue weighted by molar-refractivity contribution is -0.116. The highest BCUT2D eigenvalue weighted by atomic mass is 32.2. The number of sulfonamides is 1. The standard InChI is InChI=1S/C34H39N7O5S/c1-21-10-8-11-22(2)31(21)28-15-30-38-33(37-28)39-47(44,45)27-13-9-12-24(14-27)32(43)41(26(20-46-30)16-34(4,5)6)19-25-17-35-18-29(36-25)40(7)23(3)42/h8-15,17-18,26H,16,19-20H2,1-7H3,(H,37,38,39)/t26-/m1/s1. The average molecular weight is 658 g/mol. The van der Waals surface area contributed by atoms with E-state index in [1.165, 1.54) is 36.2 Å². The fourth-order valence-corrected chi connectivity index (χ4v) is 6.50. The number of rotatable bonds is 5. The lowest BCUT2D eigenvalue weighted by Crippen LogP contribution is -2.45. The van der Waals surface area contributed by atoms with Gasteiger partial charge in [-0.2, -0.15) is 4.98 Å². The van der Waals surface area contributed by atoms with Gasteiger partial charge in [-0.3, -0.25) is 19.5 Å². The number of nitrogens with one attached hydrogen (secondary N) is 1. The third-order valence-corrected chi connectivity index (χ3v) is 9.18. The van der Waals surface area contributed by atoms with E-state index in [4.69, 9.17) is 4.74 Å². The fourth-order valence-electron chi connectivity index (χ4n) is 5.52. The van der Waals surface area contributed by atoms with E-state index < -0.39 is 22.0 Å². The molecule has 1 N–H and O–H groups in total. The van der Waals surface area contributed by atoms with Crippen LogP contribution in [0.15, 0.2) is 65.8 Å². The number of ether oxygens (including phenoxy) is 1. The Morgan fingerprint density at radius 1 is 1.04 bits per heavy atom. The minimum atomic E-state index is -4.20. The van der Waals surface area contributed by atoms with Gasteiger partial charge >= 0.3 is 0 Å². The van der Waals surface area contributed by atoms with E-state index in [0.717, 1.165) is 16.7 Å². The lowest BCUT2D eigenvalue weighted by atomic mass is 9.87. The molecule has 3 heterocycles. The van der Waals surface area contributed by atoms with Gasteiger partial charge in [0.1, 0.15) is 6.61 Å². The predicted molar refractivity (Wildman–Crippen MR) is 179 cm³/mol. The first-order valence-electron chi connectivity index (χ1n) is 15.2. The third-order valence-electron chi connectivity index (χ3n) is 7.85. The van der Waals surface area contributed by atoms with Crippen LogP contribution in [0, 0.1) is 19.3 Å². The highest BCUT2D eigenvalue weighted by Gasteiger charge is 2.32. The normalized spacial score (nSPS) is 16.2. The van der Waals surface area contributed by atoms with Crippen LogP contribution in [0.1, 0.15) is 61.3 Å². The molecular formula is C34H39N7O5S. The molecule has 246 valence electrons. The summed E-state index contributed by atoms with van der Waals surface area (Å²) in [4.78, 5) is 47.2. The minimum Gasteiger partial charge on any atom is -0.475 e. The Kier molecular flexibility index (Phi) is 9.30. The number of carbonyl (C=O) groups is 2. The molecule has 2 aromatic carbocycles. The summed E-state index contributed by atoms with van der Waals surface area (Å²) in [6, 6.07) is 12.9. The minimum absolute atomic E-state index is 0.0213. The number of amides is 2. The number of nitrogens with zero attached hydrogens (tertiary/aromatic N) is 6. The van der Waals surface area contributed by atoms with E-state index in [0.29, 0.717) is 23.6 Å². The summed E-state index contributed by atoms with van der Waals surface area (Å²) in [5.41, 5.74) is 3.61. The number of aryl methyl sites for hydroxylation is 2. The molecule has 0 saturated heterocycles. The van der Waals surface area contributed by atoms with Crippen LogP contribution < -0.4 is 14.4 Å². The van der Waals surface area contributed by atoms with Gasteiger partial charge in [0.15, 0.2) is 5.82 Å². The maximum Gasteiger partial charge on any atom is 0.264 e. The summed E-state index contributed by atoms with van der Waals surface area (Å²) >= 11 is 0. The van der Waals surface area contributed by atoms with Crippen molar-refractivity contribution >= 4 is 33.6 Å². The highest BCUT2D eigenvalue weighted by molar-refractivity contribution is 7.92. The Hall–Kier alpha value is -4.91. The number of hydrogen-bond donors (Lipinski definition) is 1. The number of hydrogen-bond acceptors (Lipinski definition) is 9. The molecule has 0 aliphatic carbocycles. The van der Waals surface area contributed by atoms with Crippen LogP contribution in [0.25, 0.3) is 11.3 Å². The highest BCUT2D eigenvalue weighted by Crippen LogP contribution is 2.31. The Labute approximate surface area is 275 Å². The summed E-state index contributed by atoms with van der Waals surface area (Å²) < 4.78 is 36.1. The summed E-state index contributed by atoms with van der Waals surface area (Å²) in [5, 5.41) is 0. The molecule has 5 rings (SSSR count). The molecule has 2 aromatic heterocycles. The van der Waals surface area contributed by atoms with Crippen LogP contribution in [0.5, 0.6) is 5.88 Å². The molecule has 4 aromatic rings. The lowest BCUT2D eigenvalue weighted by Gasteiger charge is -2.35. The number of carbonyl (C=O) groups excluding carboxylic acids is 2. The quantitative estimate of drug-likeness (QED) is 0.307. The molecule has 2 amide bonds. The van der Waals surface area contributed by atoms with Gasteiger partial charge in [-0.1, -0.05) is 45.0 Å². The van der Waals surface area contributed by atoms with E-state index in [-0.39, 0.29) is 46.8 Å². The van der Waals surface area contributed by atoms with Gasteiger partial charge in [0, 0.05) is 31.2 Å². The van der Waals surface area contributed by atoms with E-state index in [1.807, 2.05) is 32.0 Å². The molecule has 47 heavy (non-hydrogen) atoms. The number of benzene rings is 2. The van der Waals surface area contributed by atoms with Crippen LogP contribution in [0.4, 0.5) is 11.8 Å². The molecule has 13 heteroatoms.